The zero-order valence-corrected chi connectivity index (χ0v) is 10.1. The van der Waals surface area contributed by atoms with Gasteiger partial charge in [-0.05, 0) is 0 Å². The lowest BCUT2D eigenvalue weighted by molar-refractivity contribution is 0.0962. The Kier molecular flexibility index (Phi) is 3.63. The fourth-order valence-electron chi connectivity index (χ4n) is 0.978. The van der Waals surface area contributed by atoms with Crippen LogP contribution in [-0.2, 0) is 5.41 Å². The Hall–Kier alpha value is -1.16. The van der Waals surface area contributed by atoms with Crippen molar-refractivity contribution in [1.29, 1.82) is 0 Å². The first-order valence-corrected chi connectivity index (χ1v) is 5.62. The van der Waals surface area contributed by atoms with Gasteiger partial charge in [0.25, 0.3) is 5.91 Å². The second kappa shape index (κ2) is 4.57. The van der Waals surface area contributed by atoms with Gasteiger partial charge in [-0.1, -0.05) is 26.8 Å². The summed E-state index contributed by atoms with van der Waals surface area (Å²) in [5, 5.41) is 3.70. The first kappa shape index (κ1) is 11.9. The minimum absolute atomic E-state index is 0.00162. The van der Waals surface area contributed by atoms with Crippen LogP contribution in [-0.4, -0.2) is 17.4 Å². The first-order valence-electron chi connectivity index (χ1n) is 4.80. The molecule has 1 rings (SSSR count). The molecule has 15 heavy (non-hydrogen) atoms. The van der Waals surface area contributed by atoms with Crippen molar-refractivity contribution >= 4 is 17.2 Å². The summed E-state index contributed by atoms with van der Waals surface area (Å²) in [6.07, 6.45) is 3.28. The molecule has 1 aromatic heterocycles. The number of thiazole rings is 1. The van der Waals surface area contributed by atoms with Crippen LogP contribution in [0.3, 0.4) is 0 Å². The van der Waals surface area contributed by atoms with Crippen LogP contribution in [0.2, 0.25) is 0 Å². The molecule has 0 atom stereocenters. The lowest BCUT2D eigenvalue weighted by Crippen LogP contribution is -2.22. The van der Waals surface area contributed by atoms with Crippen molar-refractivity contribution in [2.24, 2.45) is 0 Å². The van der Waals surface area contributed by atoms with Crippen LogP contribution in [0.25, 0.3) is 0 Å². The first-order chi connectivity index (χ1) is 6.95. The molecular formula is C11H16N2OS. The van der Waals surface area contributed by atoms with Gasteiger partial charge in [-0.25, -0.2) is 4.98 Å². The van der Waals surface area contributed by atoms with E-state index in [1.54, 1.807) is 12.3 Å². The number of carbonyl (C=O) groups excluding carboxylic acids is 1. The maximum atomic E-state index is 11.6. The molecule has 0 aliphatic carbocycles. The summed E-state index contributed by atoms with van der Waals surface area (Å²) in [6, 6.07) is 0. The summed E-state index contributed by atoms with van der Waals surface area (Å²) in [5.74, 6) is -0.0806. The van der Waals surface area contributed by atoms with Gasteiger partial charge in [0.15, 0.2) is 0 Å². The van der Waals surface area contributed by atoms with Crippen molar-refractivity contribution < 1.29 is 4.79 Å². The van der Waals surface area contributed by atoms with Crippen molar-refractivity contribution in [1.82, 2.24) is 10.3 Å². The van der Waals surface area contributed by atoms with Crippen LogP contribution in [0.1, 0.15) is 35.5 Å². The highest BCUT2D eigenvalue weighted by Gasteiger charge is 2.19. The largest absolute Gasteiger partial charge is 0.348 e. The fraction of sp³-hybridized carbons (Fsp3) is 0.455. The summed E-state index contributed by atoms with van der Waals surface area (Å²) < 4.78 is 0. The Bertz CT molecular complexity index is 363. The molecule has 0 aliphatic heterocycles. The Morgan fingerprint density at radius 2 is 2.33 bits per heavy atom. The molecule has 3 nitrogen and oxygen atoms in total. The molecule has 1 N–H and O–H groups in total. The summed E-state index contributed by atoms with van der Waals surface area (Å²) in [6.45, 7) is 10.3. The summed E-state index contributed by atoms with van der Waals surface area (Å²) >= 11 is 1.44. The molecule has 1 aromatic rings. The topological polar surface area (TPSA) is 42.0 Å². The molecule has 4 heteroatoms. The predicted octanol–water partition coefficient (Wildman–Crippen LogP) is 2.36. The van der Waals surface area contributed by atoms with Gasteiger partial charge in [0.1, 0.15) is 4.88 Å². The van der Waals surface area contributed by atoms with Gasteiger partial charge in [-0.2, -0.15) is 0 Å². The lowest BCUT2D eigenvalue weighted by Gasteiger charge is -2.13. The quantitative estimate of drug-likeness (QED) is 0.801. The number of hydrogen-bond donors (Lipinski definition) is 1. The van der Waals surface area contributed by atoms with Crippen molar-refractivity contribution in [2.75, 3.05) is 6.54 Å². The maximum Gasteiger partial charge on any atom is 0.263 e. The van der Waals surface area contributed by atoms with E-state index < -0.39 is 0 Å². The number of aromatic nitrogens is 1. The van der Waals surface area contributed by atoms with Gasteiger partial charge in [0.2, 0.25) is 0 Å². The van der Waals surface area contributed by atoms with E-state index >= 15 is 0 Å². The van der Waals surface area contributed by atoms with Gasteiger partial charge in [-0.3, -0.25) is 4.79 Å². The highest BCUT2D eigenvalue weighted by Crippen LogP contribution is 2.26. The average Bonchev–Trinajstić information content (AvgIpc) is 2.62. The SMILES string of the molecule is C=CCNC(=O)c1cnc(C(C)(C)C)s1. The van der Waals surface area contributed by atoms with E-state index in [1.165, 1.54) is 11.3 Å². The van der Waals surface area contributed by atoms with Crippen molar-refractivity contribution in [3.8, 4) is 0 Å². The summed E-state index contributed by atoms with van der Waals surface area (Å²) in [5.41, 5.74) is 0.00162. The number of rotatable bonds is 3. The molecule has 1 heterocycles. The Labute approximate surface area is 94.2 Å². The van der Waals surface area contributed by atoms with Crippen LogP contribution >= 0.6 is 11.3 Å². The third-order valence-electron chi connectivity index (χ3n) is 1.78. The predicted molar refractivity (Wildman–Crippen MR) is 63.3 cm³/mol. The molecular weight excluding hydrogens is 208 g/mol. The van der Waals surface area contributed by atoms with Crippen LogP contribution in [0.5, 0.6) is 0 Å². The highest BCUT2D eigenvalue weighted by atomic mass is 32.1. The van der Waals surface area contributed by atoms with E-state index in [0.717, 1.165) is 5.01 Å². The Balaban J connectivity index is 2.76. The smallest absolute Gasteiger partial charge is 0.263 e. The Morgan fingerprint density at radius 1 is 1.67 bits per heavy atom. The zero-order chi connectivity index (χ0) is 11.5. The molecule has 0 spiro atoms. The number of nitrogens with one attached hydrogen (secondary N) is 1. The number of amides is 1. The molecule has 0 bridgehead atoms. The average molecular weight is 224 g/mol. The van der Waals surface area contributed by atoms with Gasteiger partial charge >= 0.3 is 0 Å². The standard InChI is InChI=1S/C11H16N2OS/c1-5-6-12-9(14)8-7-13-10(15-8)11(2,3)4/h5,7H,1,6H2,2-4H3,(H,12,14). The van der Waals surface area contributed by atoms with Crippen molar-refractivity contribution in [3.05, 3.63) is 28.7 Å². The van der Waals surface area contributed by atoms with Gasteiger partial charge in [-0.15, -0.1) is 17.9 Å². The maximum absolute atomic E-state index is 11.6. The molecule has 0 unspecified atom stereocenters. The molecule has 0 fully saturated rings. The van der Waals surface area contributed by atoms with Crippen molar-refractivity contribution in [3.63, 3.8) is 0 Å². The number of carbonyl (C=O) groups is 1. The van der Waals surface area contributed by atoms with Gasteiger partial charge in [0, 0.05) is 12.0 Å². The fourth-order valence-corrected chi connectivity index (χ4v) is 1.87. The van der Waals surface area contributed by atoms with Crippen LogP contribution < -0.4 is 5.32 Å². The van der Waals surface area contributed by atoms with Crippen LogP contribution in [0.15, 0.2) is 18.9 Å². The van der Waals surface area contributed by atoms with E-state index in [2.05, 4.69) is 37.7 Å². The Morgan fingerprint density at radius 3 is 2.80 bits per heavy atom. The molecule has 1 amide bonds. The van der Waals surface area contributed by atoms with E-state index in [9.17, 15) is 4.79 Å². The van der Waals surface area contributed by atoms with E-state index in [4.69, 9.17) is 0 Å². The van der Waals surface area contributed by atoms with Crippen LogP contribution in [0, 0.1) is 0 Å². The zero-order valence-electron chi connectivity index (χ0n) is 9.33. The molecule has 0 saturated carbocycles. The minimum Gasteiger partial charge on any atom is -0.348 e. The monoisotopic (exact) mass is 224 g/mol. The molecule has 0 aromatic carbocycles. The molecule has 0 radical (unpaired) electrons. The van der Waals surface area contributed by atoms with Gasteiger partial charge in [0.05, 0.1) is 11.2 Å². The number of nitrogens with zero attached hydrogens (tertiary/aromatic N) is 1. The lowest BCUT2D eigenvalue weighted by atomic mass is 9.98. The molecule has 82 valence electrons. The van der Waals surface area contributed by atoms with Crippen molar-refractivity contribution in [2.45, 2.75) is 26.2 Å². The molecule has 0 aliphatic rings. The summed E-state index contributed by atoms with van der Waals surface area (Å²) in [7, 11) is 0. The second-order valence-corrected chi connectivity index (χ2v) is 5.31. The highest BCUT2D eigenvalue weighted by molar-refractivity contribution is 7.13. The van der Waals surface area contributed by atoms with E-state index in [0.29, 0.717) is 11.4 Å². The molecule has 0 saturated heterocycles. The number of hydrogen-bond acceptors (Lipinski definition) is 3. The van der Waals surface area contributed by atoms with E-state index in [1.807, 2.05) is 0 Å². The second-order valence-electron chi connectivity index (χ2n) is 4.28. The third kappa shape index (κ3) is 3.16. The van der Waals surface area contributed by atoms with E-state index in [-0.39, 0.29) is 11.3 Å². The van der Waals surface area contributed by atoms with Gasteiger partial charge < -0.3 is 5.32 Å². The minimum atomic E-state index is -0.0806. The summed E-state index contributed by atoms with van der Waals surface area (Å²) in [4.78, 5) is 16.5. The normalized spacial score (nSPS) is 11.1. The third-order valence-corrected chi connectivity index (χ3v) is 3.20. The van der Waals surface area contributed by atoms with Crippen LogP contribution in [0.4, 0.5) is 0 Å².